The molecule has 1 aliphatic rings. The van der Waals surface area contributed by atoms with Gasteiger partial charge in [0.05, 0.1) is 5.69 Å². The lowest BCUT2D eigenvalue weighted by molar-refractivity contribution is 0.282. The van der Waals surface area contributed by atoms with Crippen LogP contribution in [0.25, 0.3) is 0 Å². The Morgan fingerprint density at radius 3 is 3.00 bits per heavy atom. The number of nitrogens with zero attached hydrogens (tertiary/aromatic N) is 1. The van der Waals surface area contributed by atoms with Gasteiger partial charge in [-0.3, -0.25) is 4.99 Å². The molecule has 0 saturated heterocycles. The van der Waals surface area contributed by atoms with Crippen molar-refractivity contribution in [3.8, 4) is 5.75 Å². The number of hydrogen-bond donors (Lipinski definition) is 2. The highest BCUT2D eigenvalue weighted by Gasteiger charge is 2.22. The first kappa shape index (κ1) is 11.8. The molecule has 0 saturated carbocycles. The Labute approximate surface area is 102 Å². The van der Waals surface area contributed by atoms with Crippen molar-refractivity contribution in [1.82, 2.24) is 0 Å². The first-order chi connectivity index (χ1) is 8.10. The Kier molecular flexibility index (Phi) is 3.22. The fourth-order valence-corrected chi connectivity index (χ4v) is 1.70. The summed E-state index contributed by atoms with van der Waals surface area (Å²) in [6, 6.07) is 5.89. The highest BCUT2D eigenvalue weighted by Crippen LogP contribution is 2.31. The molecule has 2 rings (SSSR count). The van der Waals surface area contributed by atoms with Crippen molar-refractivity contribution < 1.29 is 4.74 Å². The monoisotopic (exact) mass is 233 g/mol. The van der Waals surface area contributed by atoms with Crippen LogP contribution in [0.5, 0.6) is 5.75 Å². The first-order valence-electron chi connectivity index (χ1n) is 6.01. The second kappa shape index (κ2) is 4.65. The van der Waals surface area contributed by atoms with Gasteiger partial charge in [-0.05, 0) is 38.5 Å². The van der Waals surface area contributed by atoms with Gasteiger partial charge in [-0.15, -0.1) is 0 Å². The zero-order chi connectivity index (χ0) is 12.4. The van der Waals surface area contributed by atoms with Gasteiger partial charge in [0.25, 0.3) is 0 Å². The van der Waals surface area contributed by atoms with E-state index in [0.717, 1.165) is 29.4 Å². The van der Waals surface area contributed by atoms with Crippen molar-refractivity contribution in [2.24, 2.45) is 4.99 Å². The van der Waals surface area contributed by atoms with E-state index in [2.05, 4.69) is 24.2 Å². The summed E-state index contributed by atoms with van der Waals surface area (Å²) in [4.78, 5) is 4.60. The summed E-state index contributed by atoms with van der Waals surface area (Å²) in [5, 5.41) is 3.30. The van der Waals surface area contributed by atoms with Gasteiger partial charge < -0.3 is 15.8 Å². The molecule has 1 aliphatic heterocycles. The minimum Gasteiger partial charge on any atom is -0.481 e. The summed E-state index contributed by atoms with van der Waals surface area (Å²) in [5.41, 5.74) is 7.37. The van der Waals surface area contributed by atoms with Crippen LogP contribution in [0, 0.1) is 0 Å². The molecule has 1 aromatic carbocycles. The maximum absolute atomic E-state index is 5.80. The van der Waals surface area contributed by atoms with Gasteiger partial charge in [-0.2, -0.15) is 0 Å². The zero-order valence-corrected chi connectivity index (χ0v) is 10.5. The first-order valence-corrected chi connectivity index (χ1v) is 6.01. The smallest absolute Gasteiger partial charge is 0.153 e. The van der Waals surface area contributed by atoms with Crippen LogP contribution in [0.1, 0.15) is 27.2 Å². The lowest BCUT2D eigenvalue weighted by Crippen LogP contribution is -2.35. The molecule has 4 nitrogen and oxygen atoms in total. The third kappa shape index (κ3) is 2.52. The molecule has 0 spiro atoms. The Hall–Kier alpha value is -1.71. The van der Waals surface area contributed by atoms with Gasteiger partial charge >= 0.3 is 0 Å². The number of anilines is 2. The summed E-state index contributed by atoms with van der Waals surface area (Å²) in [6.45, 7) is 6.21. The molecule has 0 amide bonds. The third-order valence-corrected chi connectivity index (χ3v) is 2.91. The molecule has 0 bridgehead atoms. The van der Waals surface area contributed by atoms with Gasteiger partial charge in [0, 0.05) is 11.7 Å². The maximum Gasteiger partial charge on any atom is 0.153 e. The second-order valence-corrected chi connectivity index (χ2v) is 4.41. The van der Waals surface area contributed by atoms with Crippen molar-refractivity contribution in [3.63, 3.8) is 0 Å². The molecule has 0 fully saturated rings. The molecule has 17 heavy (non-hydrogen) atoms. The summed E-state index contributed by atoms with van der Waals surface area (Å²) >= 11 is 0. The van der Waals surface area contributed by atoms with Crippen molar-refractivity contribution in [3.05, 3.63) is 18.2 Å². The average molecular weight is 233 g/mol. The van der Waals surface area contributed by atoms with Crippen LogP contribution in [0.3, 0.4) is 0 Å². The summed E-state index contributed by atoms with van der Waals surface area (Å²) < 4.78 is 5.80. The molecular formula is C13H19N3O. The Morgan fingerprint density at radius 1 is 1.53 bits per heavy atom. The van der Waals surface area contributed by atoms with Crippen LogP contribution >= 0.6 is 0 Å². The number of nitrogen functional groups attached to an aromatic ring is 1. The van der Waals surface area contributed by atoms with E-state index in [0.29, 0.717) is 6.04 Å². The van der Waals surface area contributed by atoms with Crippen LogP contribution in [0.15, 0.2) is 23.2 Å². The van der Waals surface area contributed by atoms with Gasteiger partial charge in [0.15, 0.2) is 6.10 Å². The molecule has 0 radical (unpaired) electrons. The summed E-state index contributed by atoms with van der Waals surface area (Å²) in [5.74, 6) is 1.70. The number of fused-ring (bicyclic) bond motifs is 1. The highest BCUT2D eigenvalue weighted by atomic mass is 16.5. The number of amidine groups is 1. The quantitative estimate of drug-likeness (QED) is 0.772. The van der Waals surface area contributed by atoms with E-state index < -0.39 is 0 Å². The molecule has 0 aromatic heterocycles. The Balaban J connectivity index is 2.28. The van der Waals surface area contributed by atoms with Crippen molar-refractivity contribution in [2.45, 2.75) is 39.3 Å². The number of aliphatic imine (C=N–C) groups is 1. The average Bonchev–Trinajstić information content (AvgIpc) is 2.30. The minimum absolute atomic E-state index is 0.0416. The van der Waals surface area contributed by atoms with E-state index in [-0.39, 0.29) is 6.10 Å². The molecule has 4 heteroatoms. The number of rotatable bonds is 2. The number of benzene rings is 1. The normalized spacial score (nSPS) is 22.5. The Bertz CT molecular complexity index is 442. The lowest BCUT2D eigenvalue weighted by Gasteiger charge is -2.27. The van der Waals surface area contributed by atoms with Crippen LogP contribution in [-0.4, -0.2) is 18.0 Å². The van der Waals surface area contributed by atoms with Gasteiger partial charge in [0.2, 0.25) is 0 Å². The van der Waals surface area contributed by atoms with Gasteiger partial charge in [0.1, 0.15) is 11.6 Å². The predicted octanol–water partition coefficient (Wildman–Crippen LogP) is 2.66. The van der Waals surface area contributed by atoms with E-state index in [1.807, 2.05) is 25.1 Å². The standard InChI is InChI=1S/C13H19N3O/c1-4-8(2)15-13-9(3)17-12-6-5-10(14)7-11(12)16-13/h5-9H,4,14H2,1-3H3,(H,15,16). The van der Waals surface area contributed by atoms with E-state index in [9.17, 15) is 0 Å². The topological polar surface area (TPSA) is 59.6 Å². The number of ether oxygens (including phenoxy) is 1. The fraction of sp³-hybridized carbons (Fsp3) is 0.462. The summed E-state index contributed by atoms with van der Waals surface area (Å²) in [7, 11) is 0. The fourth-order valence-electron chi connectivity index (χ4n) is 1.70. The van der Waals surface area contributed by atoms with Crippen molar-refractivity contribution >= 4 is 17.2 Å². The molecule has 92 valence electrons. The van der Waals surface area contributed by atoms with Gasteiger partial charge in [-0.25, -0.2) is 0 Å². The lowest BCUT2D eigenvalue weighted by atomic mass is 10.2. The number of nitrogens with two attached hydrogens (primary N) is 1. The van der Waals surface area contributed by atoms with E-state index in [1.165, 1.54) is 0 Å². The third-order valence-electron chi connectivity index (χ3n) is 2.91. The van der Waals surface area contributed by atoms with E-state index >= 15 is 0 Å². The van der Waals surface area contributed by atoms with Crippen LogP contribution in [0.2, 0.25) is 0 Å². The van der Waals surface area contributed by atoms with Crippen molar-refractivity contribution in [2.75, 3.05) is 11.1 Å². The highest BCUT2D eigenvalue weighted by molar-refractivity contribution is 6.02. The van der Waals surface area contributed by atoms with Crippen LogP contribution < -0.4 is 15.8 Å². The second-order valence-electron chi connectivity index (χ2n) is 4.41. The number of hydrogen-bond acceptors (Lipinski definition) is 3. The molecular weight excluding hydrogens is 214 g/mol. The molecule has 1 heterocycles. The zero-order valence-electron chi connectivity index (χ0n) is 10.5. The van der Waals surface area contributed by atoms with E-state index in [4.69, 9.17) is 10.5 Å². The van der Waals surface area contributed by atoms with Gasteiger partial charge in [-0.1, -0.05) is 6.92 Å². The number of nitrogens with one attached hydrogen (secondary N) is 1. The van der Waals surface area contributed by atoms with Crippen molar-refractivity contribution in [1.29, 1.82) is 0 Å². The summed E-state index contributed by atoms with van der Waals surface area (Å²) in [6.07, 6.45) is 0.974. The minimum atomic E-state index is -0.0416. The molecule has 2 atom stereocenters. The SMILES string of the molecule is CCC(C)N=C1Nc2cc(N)ccc2OC1C. The van der Waals surface area contributed by atoms with E-state index in [1.54, 1.807) is 0 Å². The van der Waals surface area contributed by atoms with Crippen LogP contribution in [0.4, 0.5) is 11.4 Å². The predicted molar refractivity (Wildman–Crippen MR) is 71.8 cm³/mol. The van der Waals surface area contributed by atoms with Crippen LogP contribution in [-0.2, 0) is 0 Å². The molecule has 0 aliphatic carbocycles. The maximum atomic E-state index is 5.80. The molecule has 2 unspecified atom stereocenters. The largest absolute Gasteiger partial charge is 0.481 e. The Morgan fingerprint density at radius 2 is 2.29 bits per heavy atom. The molecule has 1 aromatic rings. The molecule has 3 N–H and O–H groups in total.